The maximum absolute atomic E-state index is 9.90. The molecule has 0 saturated carbocycles. The molecule has 0 radical (unpaired) electrons. The molecular formula is C14H22O. The van der Waals surface area contributed by atoms with Gasteiger partial charge in [-0.2, -0.15) is 0 Å². The first-order chi connectivity index (χ1) is 6.97. The molecule has 84 valence electrons. The van der Waals surface area contributed by atoms with Crippen LogP contribution in [0.1, 0.15) is 48.4 Å². The standard InChI is InChI=1S/C14H22O/c1-6-13(15)12(5)14-10(3)7-9(2)8-11(14)4/h7-8,12-13,15H,6H2,1-5H3. The molecule has 0 aliphatic heterocycles. The minimum absolute atomic E-state index is 0.231. The van der Waals surface area contributed by atoms with E-state index in [1.54, 1.807) is 0 Å². The molecule has 1 aromatic rings. The molecule has 0 aromatic heterocycles. The highest BCUT2D eigenvalue weighted by Gasteiger charge is 2.18. The molecule has 1 N–H and O–H groups in total. The van der Waals surface area contributed by atoms with E-state index in [2.05, 4.69) is 39.8 Å². The summed E-state index contributed by atoms with van der Waals surface area (Å²) in [5, 5.41) is 9.90. The second-order valence-corrected chi connectivity index (χ2v) is 4.58. The van der Waals surface area contributed by atoms with Crippen molar-refractivity contribution in [1.29, 1.82) is 0 Å². The number of rotatable bonds is 3. The van der Waals surface area contributed by atoms with Gasteiger partial charge in [0.15, 0.2) is 0 Å². The SMILES string of the molecule is CCC(O)C(C)c1c(C)cc(C)cc1C. The van der Waals surface area contributed by atoms with E-state index in [1.165, 1.54) is 22.3 Å². The third kappa shape index (κ3) is 2.60. The van der Waals surface area contributed by atoms with Gasteiger partial charge in [0, 0.05) is 5.92 Å². The fourth-order valence-electron chi connectivity index (χ4n) is 2.46. The van der Waals surface area contributed by atoms with Crippen LogP contribution in [-0.4, -0.2) is 11.2 Å². The molecule has 0 amide bonds. The lowest BCUT2D eigenvalue weighted by Gasteiger charge is -2.22. The minimum atomic E-state index is -0.231. The average molecular weight is 206 g/mol. The Balaban J connectivity index is 3.13. The quantitative estimate of drug-likeness (QED) is 0.802. The van der Waals surface area contributed by atoms with Gasteiger partial charge in [-0.05, 0) is 43.9 Å². The minimum Gasteiger partial charge on any atom is -0.393 e. The Bertz CT molecular complexity index is 318. The maximum atomic E-state index is 9.90. The Morgan fingerprint density at radius 2 is 1.60 bits per heavy atom. The monoisotopic (exact) mass is 206 g/mol. The van der Waals surface area contributed by atoms with Crippen molar-refractivity contribution in [3.05, 3.63) is 34.4 Å². The van der Waals surface area contributed by atoms with E-state index < -0.39 is 0 Å². The maximum Gasteiger partial charge on any atom is 0.0603 e. The Labute approximate surface area is 93.1 Å². The van der Waals surface area contributed by atoms with Crippen LogP contribution >= 0.6 is 0 Å². The third-order valence-electron chi connectivity index (χ3n) is 3.19. The van der Waals surface area contributed by atoms with Crippen molar-refractivity contribution in [2.24, 2.45) is 0 Å². The Kier molecular flexibility index (Phi) is 3.92. The topological polar surface area (TPSA) is 20.2 Å². The molecule has 1 rings (SSSR count). The van der Waals surface area contributed by atoms with Crippen LogP contribution in [0, 0.1) is 20.8 Å². The van der Waals surface area contributed by atoms with Crippen molar-refractivity contribution in [1.82, 2.24) is 0 Å². The van der Waals surface area contributed by atoms with E-state index >= 15 is 0 Å². The van der Waals surface area contributed by atoms with Crippen molar-refractivity contribution in [2.45, 2.75) is 53.1 Å². The van der Waals surface area contributed by atoms with Gasteiger partial charge < -0.3 is 5.11 Å². The number of aryl methyl sites for hydroxylation is 3. The smallest absolute Gasteiger partial charge is 0.0603 e. The summed E-state index contributed by atoms with van der Waals surface area (Å²) < 4.78 is 0. The number of hydrogen-bond donors (Lipinski definition) is 1. The normalized spacial score (nSPS) is 15.1. The molecule has 0 fully saturated rings. The molecule has 1 aromatic carbocycles. The predicted molar refractivity (Wildman–Crippen MR) is 65.4 cm³/mol. The van der Waals surface area contributed by atoms with Crippen molar-refractivity contribution in [3.63, 3.8) is 0 Å². The first-order valence-corrected chi connectivity index (χ1v) is 5.73. The van der Waals surface area contributed by atoms with Crippen molar-refractivity contribution in [3.8, 4) is 0 Å². The highest BCUT2D eigenvalue weighted by atomic mass is 16.3. The van der Waals surface area contributed by atoms with Gasteiger partial charge in [-0.25, -0.2) is 0 Å². The van der Waals surface area contributed by atoms with Gasteiger partial charge in [0.1, 0.15) is 0 Å². The van der Waals surface area contributed by atoms with Crippen molar-refractivity contribution in [2.75, 3.05) is 0 Å². The van der Waals surface area contributed by atoms with Crippen LogP contribution in [0.25, 0.3) is 0 Å². The van der Waals surface area contributed by atoms with Crippen LogP contribution in [-0.2, 0) is 0 Å². The molecule has 2 atom stereocenters. The second kappa shape index (κ2) is 4.80. The summed E-state index contributed by atoms with van der Waals surface area (Å²) in [6.45, 7) is 10.5. The lowest BCUT2D eigenvalue weighted by Crippen LogP contribution is -2.16. The zero-order valence-corrected chi connectivity index (χ0v) is 10.5. The fraction of sp³-hybridized carbons (Fsp3) is 0.571. The van der Waals surface area contributed by atoms with Crippen molar-refractivity contribution >= 4 is 0 Å². The van der Waals surface area contributed by atoms with Crippen LogP contribution in [0.5, 0.6) is 0 Å². The first-order valence-electron chi connectivity index (χ1n) is 5.73. The zero-order chi connectivity index (χ0) is 11.6. The molecule has 1 nitrogen and oxygen atoms in total. The molecule has 2 unspecified atom stereocenters. The largest absolute Gasteiger partial charge is 0.393 e. The number of benzene rings is 1. The highest BCUT2D eigenvalue weighted by Crippen LogP contribution is 2.28. The van der Waals surface area contributed by atoms with Crippen molar-refractivity contribution < 1.29 is 5.11 Å². The van der Waals surface area contributed by atoms with Gasteiger partial charge in [-0.1, -0.05) is 31.5 Å². The lowest BCUT2D eigenvalue weighted by atomic mass is 9.86. The number of hydrogen-bond acceptors (Lipinski definition) is 1. The molecule has 0 aliphatic rings. The Morgan fingerprint density at radius 1 is 1.13 bits per heavy atom. The Hall–Kier alpha value is -0.820. The zero-order valence-electron chi connectivity index (χ0n) is 10.5. The molecule has 0 bridgehead atoms. The van der Waals surface area contributed by atoms with E-state index in [4.69, 9.17) is 0 Å². The van der Waals surface area contributed by atoms with Gasteiger partial charge in [0.25, 0.3) is 0 Å². The summed E-state index contributed by atoms with van der Waals surface area (Å²) in [5.74, 6) is 0.232. The van der Waals surface area contributed by atoms with Gasteiger partial charge in [-0.3, -0.25) is 0 Å². The molecule has 0 heterocycles. The third-order valence-corrected chi connectivity index (χ3v) is 3.19. The summed E-state index contributed by atoms with van der Waals surface area (Å²) in [6.07, 6.45) is 0.582. The molecule has 0 saturated heterocycles. The highest BCUT2D eigenvalue weighted by molar-refractivity contribution is 5.40. The number of aliphatic hydroxyl groups excluding tert-OH is 1. The van der Waals surface area contributed by atoms with Gasteiger partial charge in [0.05, 0.1) is 6.10 Å². The summed E-state index contributed by atoms with van der Waals surface area (Å²) in [4.78, 5) is 0. The van der Waals surface area contributed by atoms with Crippen LogP contribution < -0.4 is 0 Å². The van der Waals surface area contributed by atoms with E-state index in [0.29, 0.717) is 0 Å². The second-order valence-electron chi connectivity index (χ2n) is 4.58. The average Bonchev–Trinajstić information content (AvgIpc) is 2.14. The predicted octanol–water partition coefficient (Wildman–Crippen LogP) is 3.49. The van der Waals surface area contributed by atoms with E-state index in [1.807, 2.05) is 6.92 Å². The molecule has 15 heavy (non-hydrogen) atoms. The Morgan fingerprint density at radius 3 is 2.00 bits per heavy atom. The lowest BCUT2D eigenvalue weighted by molar-refractivity contribution is 0.144. The van der Waals surface area contributed by atoms with Gasteiger partial charge >= 0.3 is 0 Å². The first kappa shape index (κ1) is 12.3. The summed E-state index contributed by atoms with van der Waals surface area (Å²) in [5.41, 5.74) is 5.21. The van der Waals surface area contributed by atoms with Gasteiger partial charge in [0.2, 0.25) is 0 Å². The number of aliphatic hydroxyl groups is 1. The van der Waals surface area contributed by atoms with Crippen LogP contribution in [0.3, 0.4) is 0 Å². The molecule has 0 aliphatic carbocycles. The van der Waals surface area contributed by atoms with Crippen LogP contribution in [0.15, 0.2) is 12.1 Å². The fourth-order valence-corrected chi connectivity index (χ4v) is 2.46. The van der Waals surface area contributed by atoms with Crippen LogP contribution in [0.2, 0.25) is 0 Å². The molecule has 1 heteroatoms. The van der Waals surface area contributed by atoms with Gasteiger partial charge in [-0.15, -0.1) is 0 Å². The van der Waals surface area contributed by atoms with E-state index in [0.717, 1.165) is 6.42 Å². The van der Waals surface area contributed by atoms with Crippen LogP contribution in [0.4, 0.5) is 0 Å². The summed E-state index contributed by atoms with van der Waals surface area (Å²) >= 11 is 0. The van der Waals surface area contributed by atoms with E-state index in [9.17, 15) is 5.11 Å². The summed E-state index contributed by atoms with van der Waals surface area (Å²) in [7, 11) is 0. The summed E-state index contributed by atoms with van der Waals surface area (Å²) in [6, 6.07) is 4.39. The molecular weight excluding hydrogens is 184 g/mol. The van der Waals surface area contributed by atoms with E-state index in [-0.39, 0.29) is 12.0 Å². The molecule has 0 spiro atoms.